The first-order chi connectivity index (χ1) is 10.3. The van der Waals surface area contributed by atoms with Crippen LogP contribution in [0.3, 0.4) is 0 Å². The largest absolute Gasteiger partial charge is 0.396 e. The molecule has 2 heterocycles. The van der Waals surface area contributed by atoms with Gasteiger partial charge >= 0.3 is 0 Å². The van der Waals surface area contributed by atoms with E-state index in [-0.39, 0.29) is 6.61 Å². The molecule has 0 amide bonds. The highest BCUT2D eigenvalue weighted by Gasteiger charge is 2.40. The molecule has 0 unspecified atom stereocenters. The average Bonchev–Trinajstić information content (AvgIpc) is 3.10. The van der Waals surface area contributed by atoms with Crippen LogP contribution >= 0.6 is 11.3 Å². The van der Waals surface area contributed by atoms with Crippen molar-refractivity contribution >= 4 is 21.6 Å². The van der Waals surface area contributed by atoms with Crippen molar-refractivity contribution in [3.8, 4) is 0 Å². The Labute approximate surface area is 128 Å². The molecule has 1 N–H and O–H groups in total. The Kier molecular flexibility index (Phi) is 3.67. The normalized spacial score (nSPS) is 29.9. The number of rotatable bonds is 3. The number of hydrogen-bond acceptors (Lipinski definition) is 5. The summed E-state index contributed by atoms with van der Waals surface area (Å²) in [6.07, 6.45) is 2.34. The van der Waals surface area contributed by atoms with Crippen molar-refractivity contribution in [1.29, 1.82) is 0 Å². The zero-order valence-corrected chi connectivity index (χ0v) is 12.8. The maximum absolute atomic E-state index is 9.40. The predicted octanol–water partition coefficient (Wildman–Crippen LogP) is 2.27. The lowest BCUT2D eigenvalue weighted by atomic mass is 10.1. The SMILES string of the molecule is OC[C@H]1C[C@@H]2OCCN(Cc3nc4ccccc4s3)[C@H]2C1. The van der Waals surface area contributed by atoms with E-state index in [1.807, 2.05) is 6.07 Å². The Balaban J connectivity index is 1.53. The minimum Gasteiger partial charge on any atom is -0.396 e. The van der Waals surface area contributed by atoms with E-state index < -0.39 is 0 Å². The number of ether oxygens (including phenoxy) is 1. The van der Waals surface area contributed by atoms with E-state index in [1.54, 1.807) is 11.3 Å². The first-order valence-electron chi connectivity index (χ1n) is 7.64. The second kappa shape index (κ2) is 5.65. The second-order valence-corrected chi connectivity index (χ2v) is 7.16. The average molecular weight is 304 g/mol. The fourth-order valence-corrected chi connectivity index (χ4v) is 4.63. The molecule has 21 heavy (non-hydrogen) atoms. The number of thiazole rings is 1. The molecular formula is C16H20N2O2S. The van der Waals surface area contributed by atoms with Gasteiger partial charge in [-0.15, -0.1) is 11.3 Å². The molecule has 2 fully saturated rings. The number of aliphatic hydroxyl groups is 1. The fourth-order valence-electron chi connectivity index (χ4n) is 3.63. The summed E-state index contributed by atoms with van der Waals surface area (Å²) in [5.74, 6) is 0.399. The van der Waals surface area contributed by atoms with Crippen LogP contribution in [0.5, 0.6) is 0 Å². The summed E-state index contributed by atoms with van der Waals surface area (Å²) >= 11 is 1.79. The van der Waals surface area contributed by atoms with Gasteiger partial charge in [-0.2, -0.15) is 0 Å². The Bertz CT molecular complexity index is 597. The van der Waals surface area contributed by atoms with Gasteiger partial charge < -0.3 is 9.84 Å². The fraction of sp³-hybridized carbons (Fsp3) is 0.562. The third-order valence-corrected chi connectivity index (χ3v) is 5.70. The molecule has 3 atom stereocenters. The van der Waals surface area contributed by atoms with Crippen molar-refractivity contribution in [3.63, 3.8) is 0 Å². The summed E-state index contributed by atoms with van der Waals surface area (Å²) < 4.78 is 7.15. The number of fused-ring (bicyclic) bond motifs is 2. The van der Waals surface area contributed by atoms with Crippen molar-refractivity contribution in [2.24, 2.45) is 5.92 Å². The van der Waals surface area contributed by atoms with Crippen molar-refractivity contribution in [2.45, 2.75) is 31.5 Å². The highest BCUT2D eigenvalue weighted by atomic mass is 32.1. The van der Waals surface area contributed by atoms with E-state index in [1.165, 1.54) is 9.71 Å². The number of nitrogens with zero attached hydrogens (tertiary/aromatic N) is 2. The van der Waals surface area contributed by atoms with E-state index in [0.717, 1.165) is 38.1 Å². The van der Waals surface area contributed by atoms with Crippen LogP contribution in [-0.4, -0.2) is 46.9 Å². The lowest BCUT2D eigenvalue weighted by molar-refractivity contribution is -0.0590. The molecule has 2 aromatic rings. The second-order valence-electron chi connectivity index (χ2n) is 6.04. The molecule has 5 heteroatoms. The minimum absolute atomic E-state index is 0.283. The van der Waals surface area contributed by atoms with Gasteiger partial charge in [0, 0.05) is 19.2 Å². The predicted molar refractivity (Wildman–Crippen MR) is 83.4 cm³/mol. The highest BCUT2D eigenvalue weighted by molar-refractivity contribution is 7.18. The van der Waals surface area contributed by atoms with Gasteiger partial charge in [0.05, 0.1) is 29.5 Å². The lowest BCUT2D eigenvalue weighted by Crippen LogP contribution is -2.47. The Morgan fingerprint density at radius 3 is 3.10 bits per heavy atom. The highest BCUT2D eigenvalue weighted by Crippen LogP contribution is 2.35. The molecule has 1 aromatic heterocycles. The summed E-state index contributed by atoms with van der Waals surface area (Å²) in [6, 6.07) is 8.77. The van der Waals surface area contributed by atoms with Crippen molar-refractivity contribution in [1.82, 2.24) is 9.88 Å². The van der Waals surface area contributed by atoms with Crippen molar-refractivity contribution in [3.05, 3.63) is 29.3 Å². The maximum Gasteiger partial charge on any atom is 0.108 e. The van der Waals surface area contributed by atoms with E-state index in [9.17, 15) is 5.11 Å². The molecule has 2 aliphatic rings. The van der Waals surface area contributed by atoms with Crippen LogP contribution < -0.4 is 0 Å². The van der Waals surface area contributed by atoms with Gasteiger partial charge in [0.25, 0.3) is 0 Å². The molecule has 1 aliphatic carbocycles. The van der Waals surface area contributed by atoms with E-state index >= 15 is 0 Å². The van der Waals surface area contributed by atoms with Gasteiger partial charge in [-0.1, -0.05) is 12.1 Å². The zero-order chi connectivity index (χ0) is 14.2. The van der Waals surface area contributed by atoms with Gasteiger partial charge in [-0.25, -0.2) is 4.98 Å². The number of para-hydroxylation sites is 1. The standard InChI is InChI=1S/C16H20N2O2S/c19-10-11-7-13-14(8-11)20-6-5-18(13)9-16-17-12-3-1-2-4-15(12)21-16/h1-4,11,13-14,19H,5-10H2/t11-,13+,14+/m1/s1. The molecule has 0 bridgehead atoms. The number of benzene rings is 1. The quantitative estimate of drug-likeness (QED) is 0.945. The number of aliphatic hydroxyl groups excluding tert-OH is 1. The Morgan fingerprint density at radius 1 is 1.33 bits per heavy atom. The van der Waals surface area contributed by atoms with Crippen LogP contribution in [0.2, 0.25) is 0 Å². The third-order valence-electron chi connectivity index (χ3n) is 4.68. The Morgan fingerprint density at radius 2 is 2.24 bits per heavy atom. The molecule has 1 aromatic carbocycles. The number of aromatic nitrogens is 1. The summed E-state index contributed by atoms with van der Waals surface area (Å²) in [4.78, 5) is 7.25. The van der Waals surface area contributed by atoms with Crippen LogP contribution in [0.15, 0.2) is 24.3 Å². The number of morpholine rings is 1. The van der Waals surface area contributed by atoms with Gasteiger partial charge in [-0.3, -0.25) is 4.90 Å². The Hall–Kier alpha value is -1.01. The summed E-state index contributed by atoms with van der Waals surface area (Å²) in [5, 5.41) is 10.6. The van der Waals surface area contributed by atoms with Crippen LogP contribution in [0.25, 0.3) is 10.2 Å². The summed E-state index contributed by atoms with van der Waals surface area (Å²) in [6.45, 7) is 2.95. The molecule has 1 aliphatic heterocycles. The lowest BCUT2D eigenvalue weighted by Gasteiger charge is -2.37. The molecular weight excluding hydrogens is 284 g/mol. The van der Waals surface area contributed by atoms with E-state index in [2.05, 4.69) is 23.1 Å². The van der Waals surface area contributed by atoms with Crippen LogP contribution in [0.4, 0.5) is 0 Å². The van der Waals surface area contributed by atoms with Crippen molar-refractivity contribution < 1.29 is 9.84 Å². The van der Waals surface area contributed by atoms with Crippen LogP contribution in [0, 0.1) is 5.92 Å². The third kappa shape index (κ3) is 2.59. The van der Waals surface area contributed by atoms with Gasteiger partial charge in [0.2, 0.25) is 0 Å². The van der Waals surface area contributed by atoms with Crippen molar-refractivity contribution in [2.75, 3.05) is 19.8 Å². The molecule has 4 rings (SSSR count). The van der Waals surface area contributed by atoms with Crippen LogP contribution in [0.1, 0.15) is 17.8 Å². The first kappa shape index (κ1) is 13.6. The van der Waals surface area contributed by atoms with Gasteiger partial charge in [0.15, 0.2) is 0 Å². The molecule has 1 saturated carbocycles. The monoisotopic (exact) mass is 304 g/mol. The van der Waals surface area contributed by atoms with E-state index in [4.69, 9.17) is 9.72 Å². The summed E-state index contributed by atoms with van der Waals surface area (Å²) in [5.41, 5.74) is 1.10. The van der Waals surface area contributed by atoms with Gasteiger partial charge in [-0.05, 0) is 30.9 Å². The van der Waals surface area contributed by atoms with Crippen LogP contribution in [-0.2, 0) is 11.3 Å². The minimum atomic E-state index is 0.283. The molecule has 0 radical (unpaired) electrons. The topological polar surface area (TPSA) is 45.6 Å². The molecule has 4 nitrogen and oxygen atoms in total. The van der Waals surface area contributed by atoms with Gasteiger partial charge in [0.1, 0.15) is 5.01 Å². The number of hydrogen-bond donors (Lipinski definition) is 1. The smallest absolute Gasteiger partial charge is 0.108 e. The molecule has 112 valence electrons. The first-order valence-corrected chi connectivity index (χ1v) is 8.46. The van der Waals surface area contributed by atoms with E-state index in [0.29, 0.717) is 18.1 Å². The maximum atomic E-state index is 9.40. The molecule has 0 spiro atoms. The zero-order valence-electron chi connectivity index (χ0n) is 11.9. The summed E-state index contributed by atoms with van der Waals surface area (Å²) in [7, 11) is 0. The molecule has 1 saturated heterocycles.